The van der Waals surface area contributed by atoms with E-state index in [1.807, 2.05) is 30.3 Å². The average molecular weight is 351 g/mol. The van der Waals surface area contributed by atoms with Gasteiger partial charge < -0.3 is 15.8 Å². The maximum absolute atomic E-state index is 11.3. The van der Waals surface area contributed by atoms with Gasteiger partial charge in [-0.2, -0.15) is 0 Å². The molecular formula is C14H11BN4OY-. The molecular weight excluding hydrogens is 340 g/mol. The van der Waals surface area contributed by atoms with E-state index >= 15 is 0 Å². The van der Waals surface area contributed by atoms with Crippen LogP contribution < -0.4 is 5.56 Å². The minimum Gasteiger partial charge on any atom is -0.480 e. The topological polar surface area (TPSA) is 82.4 Å². The molecule has 0 saturated heterocycles. The number of H-pyrrole nitrogens is 1. The molecule has 0 atom stereocenters. The van der Waals surface area contributed by atoms with Gasteiger partial charge in [0.05, 0.1) is 5.69 Å². The van der Waals surface area contributed by atoms with Crippen molar-refractivity contribution in [1.82, 2.24) is 15.2 Å². The summed E-state index contributed by atoms with van der Waals surface area (Å²) in [5, 5.41) is 9.62. The van der Waals surface area contributed by atoms with Gasteiger partial charge in [0.25, 0.3) is 0 Å². The molecule has 0 aliphatic carbocycles. The van der Waals surface area contributed by atoms with E-state index in [9.17, 15) is 4.79 Å². The Morgan fingerprint density at radius 3 is 2.52 bits per heavy atom. The first-order chi connectivity index (χ1) is 9.24. The maximum Gasteiger partial charge on any atom is 0.248 e. The molecule has 3 aromatic rings. The average Bonchev–Trinajstić information content (AvgIpc) is 2.42. The summed E-state index contributed by atoms with van der Waals surface area (Å²) in [5.41, 5.74) is 9.26. The van der Waals surface area contributed by atoms with Crippen LogP contribution in [0.1, 0.15) is 11.3 Å². The van der Waals surface area contributed by atoms with Crippen LogP contribution in [0.2, 0.25) is 0 Å². The first kappa shape index (κ1) is 17.5. The molecule has 0 fully saturated rings. The molecule has 1 aromatic carbocycles. The van der Waals surface area contributed by atoms with Crippen molar-refractivity contribution < 1.29 is 32.7 Å². The number of hydrogen-bond donors (Lipinski definition) is 1. The van der Waals surface area contributed by atoms with Crippen LogP contribution in [0.15, 0.2) is 47.4 Å². The first-order valence-electron chi connectivity index (χ1n) is 5.87. The number of aromatic nitrogens is 3. The fourth-order valence-electron chi connectivity index (χ4n) is 2.08. The molecule has 2 N–H and O–H groups in total. The van der Waals surface area contributed by atoms with Crippen molar-refractivity contribution in [2.24, 2.45) is 0 Å². The number of fused-ring (bicyclic) bond motifs is 1. The summed E-state index contributed by atoms with van der Waals surface area (Å²) in [4.78, 5) is 13.9. The molecule has 0 aliphatic heterocycles. The fraction of sp³-hybridized carbons (Fsp3) is 0.0714. The second-order valence-corrected chi connectivity index (χ2v) is 4.28. The summed E-state index contributed by atoms with van der Waals surface area (Å²) >= 11 is 0. The van der Waals surface area contributed by atoms with E-state index in [-0.39, 0.29) is 52.5 Å². The Kier molecular flexibility index (Phi) is 6.24. The SMILES string of the molecule is [B].[NH-]c1nnc(Cc2cc[nH]c(=O)c2)c2ccccc12.[Y]. The Morgan fingerprint density at radius 1 is 1.10 bits per heavy atom. The molecule has 0 aliphatic rings. The minimum absolute atomic E-state index is 0. The molecule has 0 saturated carbocycles. The van der Waals surface area contributed by atoms with E-state index in [0.717, 1.165) is 22.0 Å². The zero-order valence-corrected chi connectivity index (χ0v) is 14.0. The van der Waals surface area contributed by atoms with Gasteiger partial charge >= 0.3 is 0 Å². The Hall–Kier alpha value is -1.52. The quantitative estimate of drug-likeness (QED) is 0.719. The molecule has 3 rings (SSSR count). The largest absolute Gasteiger partial charge is 0.480 e. The third-order valence-electron chi connectivity index (χ3n) is 2.97. The van der Waals surface area contributed by atoms with Crippen molar-refractivity contribution in [2.75, 3.05) is 0 Å². The van der Waals surface area contributed by atoms with Crippen molar-refractivity contribution >= 4 is 25.0 Å². The van der Waals surface area contributed by atoms with Crippen molar-refractivity contribution in [2.45, 2.75) is 6.42 Å². The Labute approximate surface area is 148 Å². The predicted octanol–water partition coefficient (Wildman–Crippen LogP) is 2.21. The van der Waals surface area contributed by atoms with Gasteiger partial charge in [-0.1, -0.05) is 24.3 Å². The summed E-state index contributed by atoms with van der Waals surface area (Å²) in [6, 6.07) is 10.9. The second kappa shape index (κ2) is 7.48. The van der Waals surface area contributed by atoms with E-state index in [1.165, 1.54) is 0 Å². The van der Waals surface area contributed by atoms with Crippen LogP contribution in [0.5, 0.6) is 0 Å². The normalized spacial score (nSPS) is 9.71. The minimum atomic E-state index is -0.133. The Morgan fingerprint density at radius 2 is 1.81 bits per heavy atom. The number of benzene rings is 1. The standard InChI is InChI=1S/C14H12N4O.B.Y/c15-14-11-4-2-1-3-10(11)12(17-18-14)7-9-5-6-16-13(19)8-9;;/h1-6,8H,7H2,(H3,15,16,18,19);;/p-1. The summed E-state index contributed by atoms with van der Waals surface area (Å²) in [7, 11) is 0. The molecule has 0 bridgehead atoms. The first-order valence-corrected chi connectivity index (χ1v) is 5.87. The smallest absolute Gasteiger partial charge is 0.248 e. The molecule has 0 unspecified atom stereocenters. The molecule has 4 radical (unpaired) electrons. The van der Waals surface area contributed by atoms with Gasteiger partial charge in [-0.3, -0.25) is 9.89 Å². The zero-order chi connectivity index (χ0) is 13.2. The summed E-state index contributed by atoms with van der Waals surface area (Å²) in [6.07, 6.45) is 2.14. The van der Waals surface area contributed by atoms with E-state index in [4.69, 9.17) is 5.73 Å². The molecule has 21 heavy (non-hydrogen) atoms. The van der Waals surface area contributed by atoms with Crippen LogP contribution in [0.3, 0.4) is 0 Å². The predicted molar refractivity (Wildman–Crippen MR) is 79.1 cm³/mol. The van der Waals surface area contributed by atoms with Crippen LogP contribution in [-0.4, -0.2) is 23.6 Å². The van der Waals surface area contributed by atoms with Crippen LogP contribution in [0.4, 0.5) is 5.82 Å². The molecule has 5 nitrogen and oxygen atoms in total. The van der Waals surface area contributed by atoms with Crippen molar-refractivity contribution in [3.8, 4) is 0 Å². The third kappa shape index (κ3) is 3.77. The molecule has 2 aromatic heterocycles. The van der Waals surface area contributed by atoms with Crippen LogP contribution in [0.25, 0.3) is 16.5 Å². The van der Waals surface area contributed by atoms with Gasteiger partial charge in [0.2, 0.25) is 5.56 Å². The number of nitrogens with zero attached hydrogens (tertiary/aromatic N) is 2. The molecule has 7 heteroatoms. The van der Waals surface area contributed by atoms with Gasteiger partial charge in [0.1, 0.15) is 0 Å². The number of aromatic amines is 1. The van der Waals surface area contributed by atoms with E-state index in [1.54, 1.807) is 12.3 Å². The van der Waals surface area contributed by atoms with Gasteiger partial charge in [0.15, 0.2) is 0 Å². The van der Waals surface area contributed by atoms with Crippen molar-refractivity contribution in [1.29, 1.82) is 0 Å². The summed E-state index contributed by atoms with van der Waals surface area (Å²) in [6.45, 7) is 0. The van der Waals surface area contributed by atoms with E-state index < -0.39 is 0 Å². The maximum atomic E-state index is 11.3. The van der Waals surface area contributed by atoms with Crippen LogP contribution >= 0.6 is 0 Å². The molecule has 0 amide bonds. The van der Waals surface area contributed by atoms with Crippen molar-refractivity contribution in [3.63, 3.8) is 0 Å². The summed E-state index contributed by atoms with van der Waals surface area (Å²) < 4.78 is 0. The van der Waals surface area contributed by atoms with Crippen LogP contribution in [-0.2, 0) is 39.1 Å². The number of pyridine rings is 1. The van der Waals surface area contributed by atoms with E-state index in [0.29, 0.717) is 6.42 Å². The Bertz CT molecular complexity index is 806. The second-order valence-electron chi connectivity index (χ2n) is 4.28. The molecule has 0 spiro atoms. The molecule has 100 valence electrons. The number of nitrogens with one attached hydrogen (secondary N) is 2. The van der Waals surface area contributed by atoms with E-state index in [2.05, 4.69) is 15.2 Å². The number of hydrogen-bond acceptors (Lipinski definition) is 3. The van der Waals surface area contributed by atoms with Gasteiger partial charge in [-0.25, -0.2) is 0 Å². The molecule has 2 heterocycles. The van der Waals surface area contributed by atoms with Gasteiger partial charge in [-0.15, -0.1) is 0 Å². The number of rotatable bonds is 2. The van der Waals surface area contributed by atoms with Crippen LogP contribution in [0, 0.1) is 0 Å². The summed E-state index contributed by atoms with van der Waals surface area (Å²) in [5.74, 6) is 0.172. The van der Waals surface area contributed by atoms with Gasteiger partial charge in [-0.05, 0) is 22.8 Å². The fourth-order valence-corrected chi connectivity index (χ4v) is 2.08. The third-order valence-corrected chi connectivity index (χ3v) is 2.97. The monoisotopic (exact) mass is 351 g/mol. The zero-order valence-electron chi connectivity index (χ0n) is 11.2. The van der Waals surface area contributed by atoms with Gasteiger partial charge in [0, 0.05) is 65.2 Å². The van der Waals surface area contributed by atoms with Crippen molar-refractivity contribution in [3.05, 3.63) is 69.9 Å². The Balaban J connectivity index is 0.00000110.